The molecule has 0 fully saturated rings. The number of amides is 1. The van der Waals surface area contributed by atoms with Crippen LogP contribution in [0.15, 0.2) is 29.3 Å². The van der Waals surface area contributed by atoms with E-state index < -0.39 is 0 Å². The number of fused-ring (bicyclic) bond motifs is 1. The van der Waals surface area contributed by atoms with E-state index in [1.54, 1.807) is 18.4 Å². The second-order valence-electron chi connectivity index (χ2n) is 7.35. The van der Waals surface area contributed by atoms with Gasteiger partial charge in [0.2, 0.25) is 5.91 Å². The van der Waals surface area contributed by atoms with Gasteiger partial charge in [0.05, 0.1) is 18.9 Å². The lowest BCUT2D eigenvalue weighted by Gasteiger charge is -2.18. The number of thioether (sulfide) groups is 1. The number of hydrogen-bond acceptors (Lipinski definition) is 7. The number of methoxy groups -OCH3 is 1. The summed E-state index contributed by atoms with van der Waals surface area (Å²) in [5.74, 6) is 1.51. The molecule has 3 aromatic rings. The van der Waals surface area contributed by atoms with E-state index in [2.05, 4.69) is 37.9 Å². The van der Waals surface area contributed by atoms with Gasteiger partial charge in [-0.2, -0.15) is 0 Å². The lowest BCUT2D eigenvalue weighted by Crippen LogP contribution is -2.24. The Bertz CT molecular complexity index is 1050. The average Bonchev–Trinajstić information content (AvgIpc) is 3.06. The van der Waals surface area contributed by atoms with Crippen molar-refractivity contribution in [1.29, 1.82) is 0 Å². The van der Waals surface area contributed by atoms with Crippen LogP contribution >= 0.6 is 23.1 Å². The number of ether oxygens (including phenoxy) is 1. The van der Waals surface area contributed by atoms with Gasteiger partial charge in [-0.1, -0.05) is 25.6 Å². The fraction of sp³-hybridized carbons (Fsp3) is 0.435. The molecule has 0 aliphatic heterocycles. The van der Waals surface area contributed by atoms with Crippen LogP contribution in [-0.2, 0) is 11.3 Å². The molecule has 31 heavy (non-hydrogen) atoms. The van der Waals surface area contributed by atoms with Crippen molar-refractivity contribution in [3.05, 3.63) is 40.5 Å². The van der Waals surface area contributed by atoms with Crippen molar-refractivity contribution in [1.82, 2.24) is 14.9 Å². The van der Waals surface area contributed by atoms with Gasteiger partial charge in [0, 0.05) is 16.0 Å². The van der Waals surface area contributed by atoms with Gasteiger partial charge < -0.3 is 10.1 Å². The van der Waals surface area contributed by atoms with Crippen LogP contribution in [0.2, 0.25) is 0 Å². The Morgan fingerprint density at radius 2 is 1.87 bits per heavy atom. The number of nitrogens with zero attached hydrogens (tertiary/aromatic N) is 3. The fourth-order valence-electron chi connectivity index (χ4n) is 3.20. The molecule has 0 saturated carbocycles. The summed E-state index contributed by atoms with van der Waals surface area (Å²) in [6, 6.07) is 7.34. The van der Waals surface area contributed by atoms with Crippen molar-refractivity contribution < 1.29 is 9.53 Å². The van der Waals surface area contributed by atoms with Crippen molar-refractivity contribution in [2.75, 3.05) is 25.5 Å². The SMILES string of the molecule is CCN(CC)Cc1nc(S[C@@H](C)C(=O)Nc2ccc(OC)cc2)c2c(C)c(C)sc2n1. The standard InChI is InChI=1S/C23H30N4O2S2/c1-7-27(8-2)13-19-25-22-20(14(3)15(4)30-22)23(26-19)31-16(5)21(28)24-17-9-11-18(29-6)12-10-17/h9-12,16H,7-8,13H2,1-6H3,(H,24,28)/t16-/m0/s1. The van der Waals surface area contributed by atoms with Crippen LogP contribution in [0.5, 0.6) is 5.75 Å². The highest BCUT2D eigenvalue weighted by Crippen LogP contribution is 2.37. The number of benzene rings is 1. The molecule has 1 amide bonds. The smallest absolute Gasteiger partial charge is 0.237 e. The molecule has 6 nitrogen and oxygen atoms in total. The Labute approximate surface area is 192 Å². The largest absolute Gasteiger partial charge is 0.497 e. The minimum absolute atomic E-state index is 0.0585. The molecule has 1 aromatic carbocycles. The van der Waals surface area contributed by atoms with Gasteiger partial charge in [-0.25, -0.2) is 9.97 Å². The number of aryl methyl sites for hydroxylation is 2. The molecule has 8 heteroatoms. The summed E-state index contributed by atoms with van der Waals surface area (Å²) in [7, 11) is 1.62. The van der Waals surface area contributed by atoms with E-state index in [1.165, 1.54) is 22.2 Å². The Morgan fingerprint density at radius 1 is 1.19 bits per heavy atom. The Balaban J connectivity index is 1.84. The first kappa shape index (κ1) is 23.5. The maximum Gasteiger partial charge on any atom is 0.237 e. The van der Waals surface area contributed by atoms with Crippen LogP contribution in [0, 0.1) is 13.8 Å². The Kier molecular flexibility index (Phi) is 7.91. The maximum absolute atomic E-state index is 12.8. The summed E-state index contributed by atoms with van der Waals surface area (Å²) in [4.78, 5) is 27.1. The molecule has 2 aromatic heterocycles. The highest BCUT2D eigenvalue weighted by Gasteiger charge is 2.21. The minimum Gasteiger partial charge on any atom is -0.497 e. The molecular formula is C23H30N4O2S2. The topological polar surface area (TPSA) is 67.4 Å². The third kappa shape index (κ3) is 5.56. The number of nitrogens with one attached hydrogen (secondary N) is 1. The molecule has 0 aliphatic carbocycles. The molecule has 166 valence electrons. The van der Waals surface area contributed by atoms with Gasteiger partial charge in [-0.05, 0) is 63.7 Å². The first-order chi connectivity index (χ1) is 14.9. The third-order valence-corrected chi connectivity index (χ3v) is 7.50. The van der Waals surface area contributed by atoms with Crippen molar-refractivity contribution >= 4 is 44.9 Å². The number of rotatable bonds is 9. The Morgan fingerprint density at radius 3 is 2.48 bits per heavy atom. The zero-order valence-corrected chi connectivity index (χ0v) is 20.6. The molecule has 0 radical (unpaired) electrons. The van der Waals surface area contributed by atoms with E-state index in [0.717, 1.165) is 45.6 Å². The summed E-state index contributed by atoms with van der Waals surface area (Å²) in [6.07, 6.45) is 0. The molecule has 0 aliphatic rings. The first-order valence-corrected chi connectivity index (χ1v) is 12.2. The van der Waals surface area contributed by atoms with E-state index in [-0.39, 0.29) is 11.2 Å². The number of aromatic nitrogens is 2. The van der Waals surface area contributed by atoms with Crippen LogP contribution < -0.4 is 10.1 Å². The monoisotopic (exact) mass is 458 g/mol. The Hall–Kier alpha value is -2.16. The van der Waals surface area contributed by atoms with E-state index in [9.17, 15) is 4.79 Å². The molecule has 0 bridgehead atoms. The van der Waals surface area contributed by atoms with E-state index >= 15 is 0 Å². The van der Waals surface area contributed by atoms with E-state index in [4.69, 9.17) is 14.7 Å². The van der Waals surface area contributed by atoms with Crippen molar-refractivity contribution in [3.8, 4) is 5.75 Å². The molecule has 1 N–H and O–H groups in total. The van der Waals surface area contributed by atoms with Gasteiger partial charge in [0.15, 0.2) is 0 Å². The van der Waals surface area contributed by atoms with Crippen LogP contribution in [-0.4, -0.2) is 46.2 Å². The highest BCUT2D eigenvalue weighted by molar-refractivity contribution is 8.00. The van der Waals surface area contributed by atoms with Crippen molar-refractivity contribution in [2.45, 2.75) is 51.4 Å². The zero-order valence-electron chi connectivity index (χ0n) is 19.0. The number of thiophene rings is 1. The molecule has 2 heterocycles. The molecule has 3 rings (SSSR count). The van der Waals surface area contributed by atoms with Crippen LogP contribution in [0.4, 0.5) is 5.69 Å². The van der Waals surface area contributed by atoms with Gasteiger partial charge in [-0.15, -0.1) is 11.3 Å². The van der Waals surface area contributed by atoms with Crippen molar-refractivity contribution in [3.63, 3.8) is 0 Å². The lowest BCUT2D eigenvalue weighted by molar-refractivity contribution is -0.115. The van der Waals surface area contributed by atoms with Gasteiger partial charge in [0.1, 0.15) is 21.4 Å². The first-order valence-electron chi connectivity index (χ1n) is 10.5. The van der Waals surface area contributed by atoms with E-state index in [1.807, 2.05) is 31.2 Å². The summed E-state index contributed by atoms with van der Waals surface area (Å²) < 4.78 is 5.18. The van der Waals surface area contributed by atoms with Crippen LogP contribution in [0.3, 0.4) is 0 Å². The maximum atomic E-state index is 12.8. The summed E-state index contributed by atoms with van der Waals surface area (Å²) in [6.45, 7) is 13.0. The van der Waals surface area contributed by atoms with Crippen LogP contribution in [0.25, 0.3) is 10.2 Å². The van der Waals surface area contributed by atoms with Gasteiger partial charge in [-0.3, -0.25) is 9.69 Å². The van der Waals surface area contributed by atoms with E-state index in [0.29, 0.717) is 6.54 Å². The predicted octanol–water partition coefficient (Wildman–Crippen LogP) is 5.28. The number of hydrogen-bond donors (Lipinski definition) is 1. The zero-order chi connectivity index (χ0) is 22.5. The molecule has 0 unspecified atom stereocenters. The minimum atomic E-state index is -0.305. The summed E-state index contributed by atoms with van der Waals surface area (Å²) in [5.41, 5.74) is 1.94. The fourth-order valence-corrected chi connectivity index (χ4v) is 5.34. The second-order valence-corrected chi connectivity index (χ2v) is 9.88. The predicted molar refractivity (Wildman–Crippen MR) is 130 cm³/mol. The highest BCUT2D eigenvalue weighted by atomic mass is 32.2. The van der Waals surface area contributed by atoms with Crippen molar-refractivity contribution in [2.24, 2.45) is 0 Å². The lowest BCUT2D eigenvalue weighted by atomic mass is 10.2. The van der Waals surface area contributed by atoms with Crippen LogP contribution in [0.1, 0.15) is 37.0 Å². The molecule has 0 saturated heterocycles. The quantitative estimate of drug-likeness (QED) is 0.348. The molecule has 0 spiro atoms. The number of anilines is 1. The summed E-state index contributed by atoms with van der Waals surface area (Å²) in [5, 5.41) is 4.63. The van der Waals surface area contributed by atoms with Gasteiger partial charge >= 0.3 is 0 Å². The molecule has 1 atom stereocenters. The normalized spacial score (nSPS) is 12.4. The molecular weight excluding hydrogens is 428 g/mol. The second kappa shape index (κ2) is 10.4. The summed E-state index contributed by atoms with van der Waals surface area (Å²) >= 11 is 3.19. The third-order valence-electron chi connectivity index (χ3n) is 5.32. The van der Waals surface area contributed by atoms with Gasteiger partial charge in [0.25, 0.3) is 0 Å². The number of carbonyl (C=O) groups excluding carboxylic acids is 1. The number of carbonyl (C=O) groups is 1. The average molecular weight is 459 g/mol.